The Morgan fingerprint density at radius 2 is 1.63 bits per heavy atom. The standard InChI is InChI=1S/C43H60N2O6Si/c1-13-15-32-22-36-39(51-52(11,12)43(8,9)10)38(34-20-27(5)28(6)21-35(34)41(48)45(36)24-32)42(49)50-25-31-18-16-30(17-19-31)23-37(46)29(7)44-40(47)33(14-2)26(3)4/h13,15-21,24,26,29,33,36,38-39H,14,22-23,25H2,1-12H3,(H,44,47)/b15-13+/t29-,33-,36-,38?,39-/m0/s1. The zero-order valence-corrected chi connectivity index (χ0v) is 34.4. The van der Waals surface area contributed by atoms with Crippen LogP contribution in [-0.2, 0) is 36.6 Å². The Hall–Kier alpha value is -3.82. The van der Waals surface area contributed by atoms with Gasteiger partial charge in [0.15, 0.2) is 14.1 Å². The number of carbonyl (C=O) groups excluding carboxylic acids is 4. The molecule has 2 aliphatic heterocycles. The van der Waals surface area contributed by atoms with E-state index in [0.29, 0.717) is 17.5 Å². The normalized spacial score (nSPS) is 20.2. The van der Waals surface area contributed by atoms with Crippen LogP contribution >= 0.6 is 0 Å². The van der Waals surface area contributed by atoms with Crippen molar-refractivity contribution in [1.82, 2.24) is 10.2 Å². The van der Waals surface area contributed by atoms with Gasteiger partial charge in [0, 0.05) is 24.1 Å². The van der Waals surface area contributed by atoms with E-state index in [4.69, 9.17) is 9.16 Å². The van der Waals surface area contributed by atoms with E-state index >= 15 is 0 Å². The number of ketones is 1. The minimum Gasteiger partial charge on any atom is -0.460 e. The number of nitrogens with one attached hydrogen (secondary N) is 1. The third kappa shape index (κ3) is 9.03. The molecular weight excluding hydrogens is 669 g/mol. The van der Waals surface area contributed by atoms with Crippen LogP contribution in [0.15, 0.2) is 60.3 Å². The van der Waals surface area contributed by atoms with Crippen LogP contribution in [0.4, 0.5) is 0 Å². The molecule has 1 N–H and O–H groups in total. The fourth-order valence-corrected chi connectivity index (χ4v) is 8.26. The van der Waals surface area contributed by atoms with Crippen molar-refractivity contribution in [3.8, 4) is 0 Å². The topological polar surface area (TPSA) is 102 Å². The predicted octanol–water partition coefficient (Wildman–Crippen LogP) is 8.51. The second-order valence-corrected chi connectivity index (χ2v) is 21.3. The van der Waals surface area contributed by atoms with E-state index in [1.807, 2.05) is 96.3 Å². The molecule has 1 unspecified atom stereocenters. The molecule has 2 amide bonds. The van der Waals surface area contributed by atoms with Crippen molar-refractivity contribution in [1.29, 1.82) is 0 Å². The summed E-state index contributed by atoms with van der Waals surface area (Å²) in [7, 11) is -2.45. The number of amides is 2. The maximum Gasteiger partial charge on any atom is 0.316 e. The molecule has 2 heterocycles. The Morgan fingerprint density at radius 1 is 1.02 bits per heavy atom. The second-order valence-electron chi connectivity index (χ2n) is 16.6. The lowest BCUT2D eigenvalue weighted by molar-refractivity contribution is -0.150. The van der Waals surface area contributed by atoms with Gasteiger partial charge in [-0.3, -0.25) is 19.2 Å². The number of rotatable bonds is 13. The largest absolute Gasteiger partial charge is 0.460 e. The average Bonchev–Trinajstić information content (AvgIpc) is 3.45. The molecule has 5 atom stereocenters. The summed E-state index contributed by atoms with van der Waals surface area (Å²) in [5.41, 5.74) is 5.72. The summed E-state index contributed by atoms with van der Waals surface area (Å²) in [4.78, 5) is 56.2. The molecule has 9 heteroatoms. The number of hydrogen-bond acceptors (Lipinski definition) is 6. The number of allylic oxidation sites excluding steroid dienone is 2. The maximum atomic E-state index is 14.5. The third-order valence-corrected chi connectivity index (χ3v) is 15.8. The van der Waals surface area contributed by atoms with E-state index in [9.17, 15) is 19.2 Å². The molecule has 2 aliphatic rings. The summed E-state index contributed by atoms with van der Waals surface area (Å²) in [6, 6.07) is 10.3. The number of aryl methyl sites for hydroxylation is 2. The van der Waals surface area contributed by atoms with Gasteiger partial charge in [-0.25, -0.2) is 0 Å². The van der Waals surface area contributed by atoms with Gasteiger partial charge in [0.2, 0.25) is 5.91 Å². The highest BCUT2D eigenvalue weighted by Gasteiger charge is 2.51. The molecule has 282 valence electrons. The van der Waals surface area contributed by atoms with Gasteiger partial charge in [-0.1, -0.05) is 84.0 Å². The lowest BCUT2D eigenvalue weighted by Crippen LogP contribution is -2.52. The fourth-order valence-electron chi connectivity index (χ4n) is 6.93. The van der Waals surface area contributed by atoms with Gasteiger partial charge in [0.1, 0.15) is 12.5 Å². The molecule has 2 aromatic carbocycles. The number of carbonyl (C=O) groups is 4. The molecule has 4 rings (SSSR count). The van der Waals surface area contributed by atoms with Gasteiger partial charge in [-0.15, -0.1) is 0 Å². The van der Waals surface area contributed by atoms with Crippen LogP contribution in [-0.4, -0.2) is 55.0 Å². The van der Waals surface area contributed by atoms with Gasteiger partial charge in [-0.2, -0.15) is 0 Å². The van der Waals surface area contributed by atoms with E-state index in [-0.39, 0.29) is 53.5 Å². The summed E-state index contributed by atoms with van der Waals surface area (Å²) >= 11 is 0. The highest BCUT2D eigenvalue weighted by molar-refractivity contribution is 6.74. The smallest absolute Gasteiger partial charge is 0.316 e. The Kier molecular flexibility index (Phi) is 13.0. The van der Waals surface area contributed by atoms with E-state index in [1.54, 1.807) is 11.8 Å². The number of fused-ring (bicyclic) bond motifs is 2. The molecule has 0 aromatic heterocycles. The van der Waals surface area contributed by atoms with Crippen molar-refractivity contribution in [2.24, 2.45) is 11.8 Å². The number of esters is 1. The Labute approximate surface area is 312 Å². The van der Waals surface area contributed by atoms with Crippen LogP contribution < -0.4 is 5.32 Å². The third-order valence-electron chi connectivity index (χ3n) is 11.4. The monoisotopic (exact) mass is 728 g/mol. The summed E-state index contributed by atoms with van der Waals surface area (Å²) in [6.45, 7) is 24.6. The predicted molar refractivity (Wildman–Crippen MR) is 209 cm³/mol. The first-order valence-electron chi connectivity index (χ1n) is 18.8. The van der Waals surface area contributed by atoms with Gasteiger partial charge < -0.3 is 19.4 Å². The summed E-state index contributed by atoms with van der Waals surface area (Å²) in [5.74, 6) is -1.48. The molecule has 2 aromatic rings. The molecule has 0 fully saturated rings. The van der Waals surface area contributed by atoms with Gasteiger partial charge in [-0.05, 0) is 104 Å². The minimum atomic E-state index is -2.45. The van der Waals surface area contributed by atoms with Gasteiger partial charge in [0.25, 0.3) is 5.91 Å². The summed E-state index contributed by atoms with van der Waals surface area (Å²) < 4.78 is 13.3. The molecule has 0 radical (unpaired) electrons. The SMILES string of the molecule is C/C=C/C1=CN2C(=O)c3cc(C)c(C)cc3C(C(=O)OCc3ccc(CC(=O)[C@H](C)NC(=O)[C@@H](CC)C(C)C)cc3)[C@@H](O[Si](C)(C)C(C)(C)C)[C@@H]2C1. The van der Waals surface area contributed by atoms with Crippen molar-refractivity contribution >= 4 is 31.9 Å². The number of nitrogens with zero attached hydrogens (tertiary/aromatic N) is 1. The first-order chi connectivity index (χ1) is 24.3. The van der Waals surface area contributed by atoms with Crippen LogP contribution in [0.3, 0.4) is 0 Å². The number of benzene rings is 2. The average molecular weight is 729 g/mol. The van der Waals surface area contributed by atoms with Crippen LogP contribution in [0, 0.1) is 25.7 Å². The fraction of sp³-hybridized carbons (Fsp3) is 0.535. The molecule has 52 heavy (non-hydrogen) atoms. The maximum absolute atomic E-state index is 14.5. The van der Waals surface area contributed by atoms with Crippen LogP contribution in [0.5, 0.6) is 0 Å². The van der Waals surface area contributed by atoms with Crippen LogP contribution in [0.1, 0.15) is 112 Å². The van der Waals surface area contributed by atoms with E-state index in [1.165, 1.54) is 0 Å². The Morgan fingerprint density at radius 3 is 2.21 bits per heavy atom. The van der Waals surface area contributed by atoms with Crippen molar-refractivity contribution in [3.63, 3.8) is 0 Å². The zero-order chi connectivity index (χ0) is 38.7. The Bertz CT molecular complexity index is 1720. The first-order valence-corrected chi connectivity index (χ1v) is 21.7. The van der Waals surface area contributed by atoms with Gasteiger partial charge in [0.05, 0.1) is 18.2 Å². The van der Waals surface area contributed by atoms with Gasteiger partial charge >= 0.3 is 5.97 Å². The van der Waals surface area contributed by atoms with E-state index in [0.717, 1.165) is 34.2 Å². The first kappa shape index (κ1) is 40.9. The molecule has 0 bridgehead atoms. The minimum absolute atomic E-state index is 0.0288. The van der Waals surface area contributed by atoms with Crippen LogP contribution in [0.25, 0.3) is 0 Å². The molecule has 0 spiro atoms. The lowest BCUT2D eigenvalue weighted by Gasteiger charge is -2.43. The van der Waals surface area contributed by atoms with E-state index < -0.39 is 32.4 Å². The molecule has 8 nitrogen and oxygen atoms in total. The lowest BCUT2D eigenvalue weighted by atomic mass is 9.85. The highest BCUT2D eigenvalue weighted by atomic mass is 28.4. The summed E-state index contributed by atoms with van der Waals surface area (Å²) in [6.07, 6.45) is 6.75. The number of Topliss-reactive ketones (excluding diaryl/α,β-unsaturated/α-hetero) is 1. The van der Waals surface area contributed by atoms with E-state index in [2.05, 4.69) is 39.2 Å². The van der Waals surface area contributed by atoms with Crippen molar-refractivity contribution in [2.75, 3.05) is 0 Å². The quantitative estimate of drug-likeness (QED) is 0.164. The molecule has 0 saturated heterocycles. The number of ether oxygens (including phenoxy) is 1. The van der Waals surface area contributed by atoms with Crippen molar-refractivity contribution < 1.29 is 28.3 Å². The molecular formula is C43H60N2O6Si. The summed E-state index contributed by atoms with van der Waals surface area (Å²) in [5, 5.41) is 2.76. The Balaban J connectivity index is 1.59. The molecule has 0 aliphatic carbocycles. The zero-order valence-electron chi connectivity index (χ0n) is 33.4. The second kappa shape index (κ2) is 16.5. The van der Waals surface area contributed by atoms with Crippen LogP contribution in [0.2, 0.25) is 18.1 Å². The molecule has 0 saturated carbocycles. The van der Waals surface area contributed by atoms with Crippen molar-refractivity contribution in [3.05, 3.63) is 93.7 Å². The highest BCUT2D eigenvalue weighted by Crippen LogP contribution is 2.45. The number of hydrogen-bond donors (Lipinski definition) is 1. The van der Waals surface area contributed by atoms with Crippen molar-refractivity contribution in [2.45, 2.75) is 137 Å².